The van der Waals surface area contributed by atoms with Gasteiger partial charge in [-0.2, -0.15) is 0 Å². The molecule has 3 N–H and O–H groups in total. The maximum absolute atomic E-state index is 12.4. The quantitative estimate of drug-likeness (QED) is 0.632. The highest BCUT2D eigenvalue weighted by atomic mass is 32.2. The highest BCUT2D eigenvalue weighted by Crippen LogP contribution is 2.27. The largest absolute Gasteiger partial charge is 0.481 e. The average molecular weight is 407 g/mol. The van der Waals surface area contributed by atoms with Crippen molar-refractivity contribution in [2.45, 2.75) is 17.7 Å². The van der Waals surface area contributed by atoms with Crippen molar-refractivity contribution in [3.63, 3.8) is 0 Å². The Kier molecular flexibility index (Phi) is 5.57. The van der Waals surface area contributed by atoms with E-state index >= 15 is 0 Å². The predicted octanol–water partition coefficient (Wildman–Crippen LogP) is 2.55. The van der Waals surface area contributed by atoms with Crippen LogP contribution in [0.15, 0.2) is 52.9 Å². The van der Waals surface area contributed by atoms with Crippen molar-refractivity contribution in [3.05, 3.63) is 48.0 Å². The summed E-state index contributed by atoms with van der Waals surface area (Å²) in [5, 5.41) is 13.8. The summed E-state index contributed by atoms with van der Waals surface area (Å²) in [6.07, 6.45) is 5.72. The Balaban J connectivity index is 1.69. The second-order valence-electron chi connectivity index (χ2n) is 5.95. The van der Waals surface area contributed by atoms with Crippen LogP contribution in [0.25, 0.3) is 0 Å². The van der Waals surface area contributed by atoms with Gasteiger partial charge in [0.2, 0.25) is 5.91 Å². The van der Waals surface area contributed by atoms with E-state index in [1.165, 1.54) is 30.5 Å². The Morgan fingerprint density at radius 2 is 1.78 bits per heavy atom. The lowest BCUT2D eigenvalue weighted by atomic mass is 9.82. The molecule has 0 unspecified atom stereocenters. The van der Waals surface area contributed by atoms with Crippen LogP contribution >= 0.6 is 11.3 Å². The zero-order chi connectivity index (χ0) is 19.4. The lowest BCUT2D eigenvalue weighted by molar-refractivity contribution is -0.146. The van der Waals surface area contributed by atoms with Crippen LogP contribution in [-0.2, 0) is 19.6 Å². The van der Waals surface area contributed by atoms with Gasteiger partial charge in [-0.3, -0.25) is 14.3 Å². The molecule has 1 aliphatic carbocycles. The first-order chi connectivity index (χ1) is 12.9. The van der Waals surface area contributed by atoms with Crippen LogP contribution < -0.4 is 10.0 Å². The number of allylic oxidation sites excluding steroid dienone is 2. The van der Waals surface area contributed by atoms with E-state index in [4.69, 9.17) is 0 Å². The Labute approximate surface area is 160 Å². The molecule has 2 aromatic rings. The SMILES string of the molecule is O=C(O)[C@H]1CC=CC[C@@H]1C(=O)Nc1ccc(S(=O)(=O)Nc2nccs2)cc1. The number of carboxylic acid groups (broad SMARTS) is 1. The van der Waals surface area contributed by atoms with Crippen LogP contribution in [0, 0.1) is 11.8 Å². The fourth-order valence-electron chi connectivity index (χ4n) is 2.78. The van der Waals surface area contributed by atoms with E-state index in [9.17, 15) is 23.1 Å². The Morgan fingerprint density at radius 1 is 1.11 bits per heavy atom. The number of carbonyl (C=O) groups excluding carboxylic acids is 1. The average Bonchev–Trinajstić information content (AvgIpc) is 3.14. The molecule has 0 saturated heterocycles. The summed E-state index contributed by atoms with van der Waals surface area (Å²) in [6.45, 7) is 0. The fraction of sp³-hybridized carbons (Fsp3) is 0.235. The van der Waals surface area contributed by atoms with Gasteiger partial charge in [0.25, 0.3) is 10.0 Å². The topological polar surface area (TPSA) is 125 Å². The molecule has 1 heterocycles. The summed E-state index contributed by atoms with van der Waals surface area (Å²) in [4.78, 5) is 27.6. The van der Waals surface area contributed by atoms with Crippen molar-refractivity contribution in [2.24, 2.45) is 11.8 Å². The van der Waals surface area contributed by atoms with Gasteiger partial charge in [0, 0.05) is 17.3 Å². The van der Waals surface area contributed by atoms with Gasteiger partial charge in [0.1, 0.15) is 0 Å². The second-order valence-corrected chi connectivity index (χ2v) is 8.53. The molecule has 0 spiro atoms. The number of nitrogens with zero attached hydrogens (tertiary/aromatic N) is 1. The number of aromatic nitrogens is 1. The lowest BCUT2D eigenvalue weighted by Crippen LogP contribution is -2.34. The van der Waals surface area contributed by atoms with Gasteiger partial charge in [-0.1, -0.05) is 12.2 Å². The van der Waals surface area contributed by atoms with Gasteiger partial charge in [-0.15, -0.1) is 11.3 Å². The van der Waals surface area contributed by atoms with Crippen LogP contribution in [0.1, 0.15) is 12.8 Å². The lowest BCUT2D eigenvalue weighted by Gasteiger charge is -2.24. The number of hydrogen-bond donors (Lipinski definition) is 3. The minimum atomic E-state index is -3.77. The Bertz CT molecular complexity index is 953. The number of carboxylic acids is 1. The molecule has 1 aliphatic rings. The summed E-state index contributed by atoms with van der Waals surface area (Å²) in [7, 11) is -3.77. The summed E-state index contributed by atoms with van der Waals surface area (Å²) in [5.41, 5.74) is 0.395. The van der Waals surface area contributed by atoms with Crippen molar-refractivity contribution >= 4 is 44.1 Å². The third-order valence-corrected chi connectivity index (χ3v) is 6.35. The van der Waals surface area contributed by atoms with E-state index in [0.717, 1.165) is 11.3 Å². The van der Waals surface area contributed by atoms with Gasteiger partial charge in [-0.25, -0.2) is 13.4 Å². The molecule has 0 fully saturated rings. The molecule has 1 amide bonds. The molecule has 0 aliphatic heterocycles. The minimum absolute atomic E-state index is 0.0275. The molecular formula is C17H17N3O5S2. The number of carbonyl (C=O) groups is 2. The van der Waals surface area contributed by atoms with Gasteiger partial charge < -0.3 is 10.4 Å². The van der Waals surface area contributed by atoms with Crippen molar-refractivity contribution < 1.29 is 23.1 Å². The molecule has 0 saturated carbocycles. The highest BCUT2D eigenvalue weighted by molar-refractivity contribution is 7.93. The molecule has 1 aromatic carbocycles. The molecule has 0 radical (unpaired) electrons. The normalized spacial score (nSPS) is 19.4. The number of nitrogens with one attached hydrogen (secondary N) is 2. The standard InChI is InChI=1S/C17H17N3O5S2/c21-15(13-3-1-2-4-14(13)16(22)23)19-11-5-7-12(8-6-11)27(24,25)20-17-18-9-10-26-17/h1-2,5-10,13-14H,3-4H2,(H,18,20)(H,19,21)(H,22,23)/t13-,14-/m0/s1. The molecule has 142 valence electrons. The monoisotopic (exact) mass is 407 g/mol. The van der Waals surface area contributed by atoms with Crippen LogP contribution in [-0.4, -0.2) is 30.4 Å². The minimum Gasteiger partial charge on any atom is -0.481 e. The molecule has 1 aromatic heterocycles. The second kappa shape index (κ2) is 7.89. The van der Waals surface area contributed by atoms with Gasteiger partial charge in [0.05, 0.1) is 16.7 Å². The summed E-state index contributed by atoms with van der Waals surface area (Å²) in [5.74, 6) is -2.84. The molecule has 8 nitrogen and oxygen atoms in total. The van der Waals surface area contributed by atoms with E-state index < -0.39 is 33.7 Å². The molecule has 0 bridgehead atoms. The fourth-order valence-corrected chi connectivity index (χ4v) is 4.57. The molecule has 10 heteroatoms. The van der Waals surface area contributed by atoms with Crippen LogP contribution in [0.3, 0.4) is 0 Å². The molecule has 3 rings (SSSR count). The predicted molar refractivity (Wildman–Crippen MR) is 101 cm³/mol. The maximum atomic E-state index is 12.4. The van der Waals surface area contributed by atoms with Gasteiger partial charge in [-0.05, 0) is 37.1 Å². The van der Waals surface area contributed by atoms with E-state index in [1.807, 2.05) is 0 Å². The van der Waals surface area contributed by atoms with E-state index in [-0.39, 0.29) is 10.0 Å². The van der Waals surface area contributed by atoms with Crippen molar-refractivity contribution in [1.82, 2.24) is 4.98 Å². The third-order valence-electron chi connectivity index (χ3n) is 4.17. The smallest absolute Gasteiger partial charge is 0.307 e. The number of anilines is 2. The van der Waals surface area contributed by atoms with E-state index in [0.29, 0.717) is 18.5 Å². The first kappa shape index (κ1) is 19.1. The summed E-state index contributed by atoms with van der Waals surface area (Å²) >= 11 is 1.16. The maximum Gasteiger partial charge on any atom is 0.307 e. The van der Waals surface area contributed by atoms with Crippen molar-refractivity contribution in [1.29, 1.82) is 0 Å². The van der Waals surface area contributed by atoms with Gasteiger partial charge >= 0.3 is 5.97 Å². The number of thiazole rings is 1. The van der Waals surface area contributed by atoms with E-state index in [1.54, 1.807) is 17.5 Å². The van der Waals surface area contributed by atoms with Crippen LogP contribution in [0.2, 0.25) is 0 Å². The molecule has 27 heavy (non-hydrogen) atoms. The zero-order valence-corrected chi connectivity index (χ0v) is 15.7. The summed E-state index contributed by atoms with van der Waals surface area (Å²) < 4.78 is 27.0. The number of hydrogen-bond acceptors (Lipinski definition) is 6. The highest BCUT2D eigenvalue weighted by Gasteiger charge is 2.33. The zero-order valence-electron chi connectivity index (χ0n) is 14.0. The number of benzene rings is 1. The van der Waals surface area contributed by atoms with Gasteiger partial charge in [0.15, 0.2) is 5.13 Å². The number of aliphatic carboxylic acids is 1. The molecule has 2 atom stereocenters. The number of amides is 1. The number of rotatable bonds is 6. The third kappa shape index (κ3) is 4.52. The van der Waals surface area contributed by atoms with Crippen molar-refractivity contribution in [2.75, 3.05) is 10.0 Å². The summed E-state index contributed by atoms with van der Waals surface area (Å²) in [6, 6.07) is 5.65. The van der Waals surface area contributed by atoms with Crippen LogP contribution in [0.4, 0.5) is 10.8 Å². The van der Waals surface area contributed by atoms with Crippen LogP contribution in [0.5, 0.6) is 0 Å². The first-order valence-electron chi connectivity index (χ1n) is 8.08. The Morgan fingerprint density at radius 3 is 2.37 bits per heavy atom. The number of sulfonamides is 1. The van der Waals surface area contributed by atoms with E-state index in [2.05, 4.69) is 15.0 Å². The first-order valence-corrected chi connectivity index (χ1v) is 10.4. The van der Waals surface area contributed by atoms with Crippen molar-refractivity contribution in [3.8, 4) is 0 Å². The Hall–Kier alpha value is -2.72. The molecular weight excluding hydrogens is 390 g/mol.